The highest BCUT2D eigenvalue weighted by molar-refractivity contribution is 6.42. The molecule has 2 aliphatic rings. The number of hydrogen-bond acceptors (Lipinski definition) is 4. The Hall–Kier alpha value is -1.78. The Labute approximate surface area is 157 Å². The highest BCUT2D eigenvalue weighted by Crippen LogP contribution is 2.48. The Morgan fingerprint density at radius 3 is 2.60 bits per heavy atom. The molecule has 132 valence electrons. The van der Waals surface area contributed by atoms with Crippen molar-refractivity contribution >= 4 is 35.0 Å². The van der Waals surface area contributed by atoms with E-state index in [4.69, 9.17) is 27.9 Å². The van der Waals surface area contributed by atoms with Crippen molar-refractivity contribution < 1.29 is 14.3 Å². The minimum absolute atomic E-state index is 0.0918. The summed E-state index contributed by atoms with van der Waals surface area (Å²) >= 11 is 12.6. The molecular weight excluding hydrogens is 361 g/mol. The number of rotatable bonds is 3. The molecule has 0 spiro atoms. The Bertz CT molecular complexity index is 826. The maximum absolute atomic E-state index is 12.6. The molecule has 0 aliphatic carbocycles. The van der Waals surface area contributed by atoms with Gasteiger partial charge in [-0.3, -0.25) is 4.79 Å². The average Bonchev–Trinajstić information content (AvgIpc) is 3.06. The molecule has 2 aliphatic heterocycles. The Morgan fingerprint density at radius 2 is 1.96 bits per heavy atom. The first-order chi connectivity index (χ1) is 11.9. The second kappa shape index (κ2) is 6.85. The summed E-state index contributed by atoms with van der Waals surface area (Å²) in [4.78, 5) is 27.2. The number of carbonyl (C=O) groups is 2. The molecule has 1 saturated heterocycles. The lowest BCUT2D eigenvalue weighted by Gasteiger charge is -2.36. The third-order valence-corrected chi connectivity index (χ3v) is 5.71. The van der Waals surface area contributed by atoms with Gasteiger partial charge >= 0.3 is 5.97 Å². The van der Waals surface area contributed by atoms with Crippen LogP contribution in [0.2, 0.25) is 10.0 Å². The van der Waals surface area contributed by atoms with Gasteiger partial charge in [-0.25, -0.2) is 4.79 Å². The van der Waals surface area contributed by atoms with Crippen LogP contribution < -0.4 is 0 Å². The standard InChI is InChI=1S/C19H19Cl2NO3/c1-10-15(11(2)23)16(12-6-4-7-13(20)18(12)21)17(19(24)25-3)14-8-5-9-22(10)14/h4,6-7,16H,5,8-9H2,1-3H3. The second-order valence-corrected chi connectivity index (χ2v) is 7.02. The fraction of sp³-hybridized carbons (Fsp3) is 0.368. The van der Waals surface area contributed by atoms with Crippen LogP contribution >= 0.6 is 23.2 Å². The predicted molar refractivity (Wildman–Crippen MR) is 97.6 cm³/mol. The first-order valence-corrected chi connectivity index (χ1v) is 8.88. The van der Waals surface area contributed by atoms with Crippen LogP contribution in [0.1, 0.15) is 38.2 Å². The number of halogens is 2. The van der Waals surface area contributed by atoms with Crippen molar-refractivity contribution in [1.82, 2.24) is 4.90 Å². The van der Waals surface area contributed by atoms with Crippen molar-refractivity contribution in [2.24, 2.45) is 0 Å². The van der Waals surface area contributed by atoms with Crippen LogP contribution in [0.3, 0.4) is 0 Å². The van der Waals surface area contributed by atoms with Crippen molar-refractivity contribution in [2.45, 2.75) is 32.6 Å². The zero-order chi connectivity index (χ0) is 18.3. The number of allylic oxidation sites excluding steroid dienone is 3. The number of Topliss-reactive ketones (excluding diaryl/α,β-unsaturated/α-hetero) is 1. The molecule has 0 bridgehead atoms. The molecule has 2 heterocycles. The van der Waals surface area contributed by atoms with E-state index in [-0.39, 0.29) is 5.78 Å². The molecule has 1 atom stereocenters. The SMILES string of the molecule is COC(=O)C1=C2CCCN2C(C)=C(C(C)=O)C1c1cccc(Cl)c1Cl. The summed E-state index contributed by atoms with van der Waals surface area (Å²) in [7, 11) is 1.35. The second-order valence-electron chi connectivity index (χ2n) is 6.24. The largest absolute Gasteiger partial charge is 0.466 e. The van der Waals surface area contributed by atoms with Crippen molar-refractivity contribution in [3.05, 3.63) is 56.3 Å². The highest BCUT2D eigenvalue weighted by atomic mass is 35.5. The Kier molecular flexibility index (Phi) is 4.94. The molecule has 6 heteroatoms. The lowest BCUT2D eigenvalue weighted by atomic mass is 9.78. The maximum Gasteiger partial charge on any atom is 0.336 e. The van der Waals surface area contributed by atoms with Crippen molar-refractivity contribution in [1.29, 1.82) is 0 Å². The minimum Gasteiger partial charge on any atom is -0.466 e. The van der Waals surface area contributed by atoms with Gasteiger partial charge in [0.15, 0.2) is 5.78 Å². The molecular formula is C19H19Cl2NO3. The van der Waals surface area contributed by atoms with Crippen molar-refractivity contribution in [2.75, 3.05) is 13.7 Å². The molecule has 1 unspecified atom stereocenters. The van der Waals surface area contributed by atoms with Crippen LogP contribution in [0.4, 0.5) is 0 Å². The fourth-order valence-corrected chi connectivity index (χ4v) is 4.26. The molecule has 25 heavy (non-hydrogen) atoms. The van der Waals surface area contributed by atoms with Crippen LogP contribution in [-0.2, 0) is 14.3 Å². The van der Waals surface area contributed by atoms with Crippen LogP contribution in [0, 0.1) is 0 Å². The van der Waals surface area contributed by atoms with E-state index in [1.54, 1.807) is 12.1 Å². The van der Waals surface area contributed by atoms with Gasteiger partial charge in [0.05, 0.1) is 22.7 Å². The number of fused-ring (bicyclic) bond motifs is 1. The van der Waals surface area contributed by atoms with Crippen molar-refractivity contribution in [3.63, 3.8) is 0 Å². The number of ketones is 1. The monoisotopic (exact) mass is 379 g/mol. The average molecular weight is 380 g/mol. The molecule has 0 radical (unpaired) electrons. The van der Waals surface area contributed by atoms with Gasteiger partial charge in [-0.15, -0.1) is 0 Å². The number of ether oxygens (including phenoxy) is 1. The summed E-state index contributed by atoms with van der Waals surface area (Å²) in [6.07, 6.45) is 1.69. The summed E-state index contributed by atoms with van der Waals surface area (Å²) in [5.74, 6) is -1.10. The van der Waals surface area contributed by atoms with Crippen LogP contribution in [0.15, 0.2) is 40.7 Å². The summed E-state index contributed by atoms with van der Waals surface area (Å²) in [5.41, 5.74) is 3.48. The molecule has 0 N–H and O–H groups in total. The van der Waals surface area contributed by atoms with Gasteiger partial charge in [0.1, 0.15) is 0 Å². The first kappa shape index (κ1) is 18.0. The van der Waals surface area contributed by atoms with E-state index >= 15 is 0 Å². The van der Waals surface area contributed by atoms with E-state index in [0.29, 0.717) is 26.8 Å². The van der Waals surface area contributed by atoms with Crippen molar-refractivity contribution in [3.8, 4) is 0 Å². The number of carbonyl (C=O) groups excluding carboxylic acids is 2. The fourth-order valence-electron chi connectivity index (χ4n) is 3.85. The smallest absolute Gasteiger partial charge is 0.336 e. The molecule has 3 rings (SSSR count). The summed E-state index contributed by atoms with van der Waals surface area (Å²) in [6, 6.07) is 5.27. The number of esters is 1. The predicted octanol–water partition coefficient (Wildman–Crippen LogP) is 4.48. The summed E-state index contributed by atoms with van der Waals surface area (Å²) < 4.78 is 5.05. The van der Waals surface area contributed by atoms with Gasteiger partial charge in [0.2, 0.25) is 0 Å². The highest BCUT2D eigenvalue weighted by Gasteiger charge is 2.41. The molecule has 0 amide bonds. The quantitative estimate of drug-likeness (QED) is 0.726. The number of methoxy groups -OCH3 is 1. The third-order valence-electron chi connectivity index (χ3n) is 4.88. The minimum atomic E-state index is -0.569. The maximum atomic E-state index is 12.6. The van der Waals surface area contributed by atoms with E-state index < -0.39 is 11.9 Å². The molecule has 1 fully saturated rings. The zero-order valence-electron chi connectivity index (χ0n) is 14.4. The molecule has 4 nitrogen and oxygen atoms in total. The van der Waals surface area contributed by atoms with Gasteiger partial charge in [-0.05, 0) is 38.3 Å². The van der Waals surface area contributed by atoms with E-state index in [2.05, 4.69) is 4.90 Å². The first-order valence-electron chi connectivity index (χ1n) is 8.13. The Balaban J connectivity index is 2.32. The third kappa shape index (κ3) is 2.87. The van der Waals surface area contributed by atoms with E-state index in [1.165, 1.54) is 14.0 Å². The lowest BCUT2D eigenvalue weighted by molar-refractivity contribution is -0.136. The van der Waals surface area contributed by atoms with Gasteiger partial charge in [-0.2, -0.15) is 0 Å². The molecule has 0 saturated carbocycles. The van der Waals surface area contributed by atoms with E-state index in [1.807, 2.05) is 13.0 Å². The lowest BCUT2D eigenvalue weighted by Crippen LogP contribution is -2.32. The number of nitrogens with zero attached hydrogens (tertiary/aromatic N) is 1. The van der Waals surface area contributed by atoms with E-state index in [9.17, 15) is 9.59 Å². The number of hydrogen-bond donors (Lipinski definition) is 0. The van der Waals surface area contributed by atoms with Crippen LogP contribution in [-0.4, -0.2) is 30.3 Å². The topological polar surface area (TPSA) is 46.6 Å². The van der Waals surface area contributed by atoms with Crippen LogP contribution in [0.25, 0.3) is 0 Å². The van der Waals surface area contributed by atoms with Gasteiger partial charge in [0.25, 0.3) is 0 Å². The number of benzene rings is 1. The Morgan fingerprint density at radius 1 is 1.24 bits per heavy atom. The van der Waals surface area contributed by atoms with Gasteiger partial charge in [0, 0.05) is 29.4 Å². The van der Waals surface area contributed by atoms with E-state index in [0.717, 1.165) is 30.8 Å². The molecule has 1 aromatic rings. The van der Waals surface area contributed by atoms with Gasteiger partial charge in [-0.1, -0.05) is 35.3 Å². The van der Waals surface area contributed by atoms with Gasteiger partial charge < -0.3 is 9.64 Å². The molecule has 0 aromatic heterocycles. The zero-order valence-corrected chi connectivity index (χ0v) is 15.9. The summed E-state index contributed by atoms with van der Waals surface area (Å²) in [5, 5.41) is 0.747. The summed E-state index contributed by atoms with van der Waals surface area (Å²) in [6.45, 7) is 4.22. The van der Waals surface area contributed by atoms with Crippen LogP contribution in [0.5, 0.6) is 0 Å². The molecule has 1 aromatic carbocycles. The normalized spacial score (nSPS) is 20.0.